The fraction of sp³-hybridized carbons (Fsp3) is 0.600. The molecule has 2 heteroatoms. The van der Waals surface area contributed by atoms with Crippen molar-refractivity contribution < 1.29 is 0 Å². The van der Waals surface area contributed by atoms with Gasteiger partial charge in [0.05, 0.1) is 0 Å². The highest BCUT2D eigenvalue weighted by Crippen LogP contribution is 2.08. The molecule has 0 fully saturated rings. The van der Waals surface area contributed by atoms with E-state index >= 15 is 0 Å². The topological polar surface area (TPSA) is 29.3 Å². The predicted octanol–water partition coefficient (Wildman–Crippen LogP) is 2.88. The molecule has 1 aromatic rings. The molecule has 0 saturated carbocycles. The number of rotatable bonds is 7. The van der Waals surface area contributed by atoms with E-state index in [0.29, 0.717) is 5.92 Å². The van der Waals surface area contributed by atoms with Gasteiger partial charge in [-0.1, -0.05) is 51.1 Å². The number of hydrogen-bond donors (Lipinski definition) is 1. The molecule has 1 rings (SSSR count). The van der Waals surface area contributed by atoms with Gasteiger partial charge in [-0.2, -0.15) is 0 Å². The van der Waals surface area contributed by atoms with Crippen LogP contribution in [0.2, 0.25) is 0 Å². The lowest BCUT2D eigenvalue weighted by Crippen LogP contribution is -2.40. The fourth-order valence-electron chi connectivity index (χ4n) is 1.90. The standard InChI is InChI=1S/C15H26N2/c1-4-10-17(12-15(16)13(2)3)11-14-8-6-5-7-9-14/h5-9,13,15H,4,10-12,16H2,1-3H3/t15-/m0/s1. The SMILES string of the molecule is CCCN(Cc1ccccc1)C[C@H](N)C(C)C. The van der Waals surface area contributed by atoms with Gasteiger partial charge < -0.3 is 5.73 Å². The first kappa shape index (κ1) is 14.2. The third-order valence-corrected chi connectivity index (χ3v) is 3.11. The largest absolute Gasteiger partial charge is 0.326 e. The zero-order valence-corrected chi connectivity index (χ0v) is 11.4. The van der Waals surface area contributed by atoms with Gasteiger partial charge in [-0.3, -0.25) is 4.90 Å². The Morgan fingerprint density at radius 1 is 1.18 bits per heavy atom. The van der Waals surface area contributed by atoms with Crippen molar-refractivity contribution in [2.24, 2.45) is 11.7 Å². The summed E-state index contributed by atoms with van der Waals surface area (Å²) in [6.07, 6.45) is 1.18. The summed E-state index contributed by atoms with van der Waals surface area (Å²) < 4.78 is 0. The molecule has 0 amide bonds. The van der Waals surface area contributed by atoms with Crippen molar-refractivity contribution in [1.29, 1.82) is 0 Å². The van der Waals surface area contributed by atoms with Crippen molar-refractivity contribution >= 4 is 0 Å². The lowest BCUT2D eigenvalue weighted by Gasteiger charge is -2.27. The number of benzene rings is 1. The Morgan fingerprint density at radius 2 is 1.82 bits per heavy atom. The Bertz CT molecular complexity index is 295. The van der Waals surface area contributed by atoms with Crippen LogP contribution < -0.4 is 5.73 Å². The first-order valence-electron chi connectivity index (χ1n) is 6.65. The zero-order chi connectivity index (χ0) is 12.7. The molecule has 1 aromatic carbocycles. The van der Waals surface area contributed by atoms with Crippen LogP contribution in [0.3, 0.4) is 0 Å². The zero-order valence-electron chi connectivity index (χ0n) is 11.4. The third-order valence-electron chi connectivity index (χ3n) is 3.11. The summed E-state index contributed by atoms with van der Waals surface area (Å²) in [6.45, 7) is 9.72. The van der Waals surface area contributed by atoms with Crippen LogP contribution in [0, 0.1) is 5.92 Å². The second kappa shape index (κ2) is 7.46. The lowest BCUT2D eigenvalue weighted by molar-refractivity contribution is 0.230. The van der Waals surface area contributed by atoms with Crippen LogP contribution >= 0.6 is 0 Å². The Hall–Kier alpha value is -0.860. The summed E-state index contributed by atoms with van der Waals surface area (Å²) in [4.78, 5) is 2.46. The second-order valence-corrected chi connectivity index (χ2v) is 5.13. The van der Waals surface area contributed by atoms with E-state index in [1.807, 2.05) is 0 Å². The predicted molar refractivity (Wildman–Crippen MR) is 74.8 cm³/mol. The van der Waals surface area contributed by atoms with Crippen molar-refractivity contribution in [3.05, 3.63) is 35.9 Å². The molecule has 0 aliphatic carbocycles. The maximum Gasteiger partial charge on any atom is 0.0234 e. The molecule has 0 aliphatic heterocycles. The van der Waals surface area contributed by atoms with Crippen molar-refractivity contribution in [2.45, 2.75) is 39.8 Å². The van der Waals surface area contributed by atoms with Gasteiger partial charge in [-0.25, -0.2) is 0 Å². The molecule has 2 nitrogen and oxygen atoms in total. The molecule has 0 unspecified atom stereocenters. The first-order valence-corrected chi connectivity index (χ1v) is 6.65. The lowest BCUT2D eigenvalue weighted by atomic mass is 10.0. The van der Waals surface area contributed by atoms with Gasteiger partial charge in [0.15, 0.2) is 0 Å². The molecule has 0 radical (unpaired) electrons. The molecule has 96 valence electrons. The summed E-state index contributed by atoms with van der Waals surface area (Å²) in [7, 11) is 0. The molecule has 0 aliphatic rings. The highest BCUT2D eigenvalue weighted by molar-refractivity contribution is 5.14. The van der Waals surface area contributed by atoms with E-state index in [0.717, 1.165) is 19.6 Å². The number of nitrogens with two attached hydrogens (primary N) is 1. The van der Waals surface area contributed by atoms with Gasteiger partial charge in [-0.05, 0) is 24.4 Å². The van der Waals surface area contributed by atoms with E-state index in [4.69, 9.17) is 5.73 Å². The van der Waals surface area contributed by atoms with Crippen LogP contribution in [0.5, 0.6) is 0 Å². The maximum absolute atomic E-state index is 6.16. The fourth-order valence-corrected chi connectivity index (χ4v) is 1.90. The normalized spacial score (nSPS) is 13.3. The van der Waals surface area contributed by atoms with Gasteiger partial charge in [0.1, 0.15) is 0 Å². The van der Waals surface area contributed by atoms with E-state index in [9.17, 15) is 0 Å². The van der Waals surface area contributed by atoms with Crippen LogP contribution in [-0.4, -0.2) is 24.0 Å². The van der Waals surface area contributed by atoms with Crippen molar-refractivity contribution in [3.8, 4) is 0 Å². The van der Waals surface area contributed by atoms with Crippen molar-refractivity contribution in [1.82, 2.24) is 4.90 Å². The van der Waals surface area contributed by atoms with Crippen LogP contribution in [0.25, 0.3) is 0 Å². The summed E-state index contributed by atoms with van der Waals surface area (Å²) in [6, 6.07) is 10.9. The van der Waals surface area contributed by atoms with Crippen LogP contribution in [0.4, 0.5) is 0 Å². The smallest absolute Gasteiger partial charge is 0.0234 e. The molecule has 0 heterocycles. The average Bonchev–Trinajstić information content (AvgIpc) is 2.30. The molecule has 0 bridgehead atoms. The van der Waals surface area contributed by atoms with E-state index in [1.54, 1.807) is 0 Å². The van der Waals surface area contributed by atoms with Gasteiger partial charge in [0.2, 0.25) is 0 Å². The number of nitrogens with zero attached hydrogens (tertiary/aromatic N) is 1. The maximum atomic E-state index is 6.16. The summed E-state index contributed by atoms with van der Waals surface area (Å²) >= 11 is 0. The van der Waals surface area contributed by atoms with E-state index < -0.39 is 0 Å². The molecule has 17 heavy (non-hydrogen) atoms. The van der Waals surface area contributed by atoms with Crippen molar-refractivity contribution in [2.75, 3.05) is 13.1 Å². The van der Waals surface area contributed by atoms with Crippen LogP contribution in [-0.2, 0) is 6.54 Å². The molecular weight excluding hydrogens is 208 g/mol. The second-order valence-electron chi connectivity index (χ2n) is 5.13. The van der Waals surface area contributed by atoms with E-state index in [-0.39, 0.29) is 6.04 Å². The Morgan fingerprint density at radius 3 is 2.35 bits per heavy atom. The molecule has 2 N–H and O–H groups in total. The average molecular weight is 234 g/mol. The minimum absolute atomic E-state index is 0.269. The third kappa shape index (κ3) is 5.33. The van der Waals surface area contributed by atoms with Gasteiger partial charge >= 0.3 is 0 Å². The summed E-state index contributed by atoms with van der Waals surface area (Å²) in [5.74, 6) is 0.546. The highest BCUT2D eigenvalue weighted by Gasteiger charge is 2.13. The Kier molecular flexibility index (Phi) is 6.23. The van der Waals surface area contributed by atoms with Gasteiger partial charge in [0.25, 0.3) is 0 Å². The van der Waals surface area contributed by atoms with Crippen molar-refractivity contribution in [3.63, 3.8) is 0 Å². The Balaban J connectivity index is 2.54. The van der Waals surface area contributed by atoms with E-state index in [2.05, 4.69) is 56.0 Å². The Labute approximate surface area is 106 Å². The molecule has 0 saturated heterocycles. The minimum Gasteiger partial charge on any atom is -0.326 e. The summed E-state index contributed by atoms with van der Waals surface area (Å²) in [5.41, 5.74) is 7.53. The number of hydrogen-bond acceptors (Lipinski definition) is 2. The molecule has 1 atom stereocenters. The highest BCUT2D eigenvalue weighted by atomic mass is 15.1. The first-order chi connectivity index (χ1) is 8.13. The van der Waals surface area contributed by atoms with E-state index in [1.165, 1.54) is 12.0 Å². The summed E-state index contributed by atoms with van der Waals surface area (Å²) in [5, 5.41) is 0. The van der Waals surface area contributed by atoms with Gasteiger partial charge in [-0.15, -0.1) is 0 Å². The van der Waals surface area contributed by atoms with Crippen LogP contribution in [0.1, 0.15) is 32.8 Å². The molecule has 0 spiro atoms. The molecular formula is C15H26N2. The monoisotopic (exact) mass is 234 g/mol. The van der Waals surface area contributed by atoms with Gasteiger partial charge in [0, 0.05) is 19.1 Å². The quantitative estimate of drug-likeness (QED) is 0.786. The van der Waals surface area contributed by atoms with Crippen LogP contribution in [0.15, 0.2) is 30.3 Å². The molecule has 0 aromatic heterocycles. The minimum atomic E-state index is 0.269.